The third-order valence-corrected chi connectivity index (χ3v) is 8.73. The second kappa shape index (κ2) is 20.8. The summed E-state index contributed by atoms with van der Waals surface area (Å²) in [6.07, 6.45) is 11.0. The molecule has 9 heteroatoms. The van der Waals surface area contributed by atoms with Crippen LogP contribution in [0.15, 0.2) is 171 Å². The molecule has 0 unspecified atom stereocenters. The number of quaternary nitrogens is 1. The van der Waals surface area contributed by atoms with Crippen molar-refractivity contribution in [1.29, 1.82) is 0 Å². The third kappa shape index (κ3) is 13.1. The molecule has 0 aliphatic heterocycles. The van der Waals surface area contributed by atoms with Gasteiger partial charge in [0.25, 0.3) is 0 Å². The Morgan fingerprint density at radius 2 is 0.818 bits per heavy atom. The quantitative estimate of drug-likeness (QED) is 0.0947. The van der Waals surface area contributed by atoms with Crippen molar-refractivity contribution in [2.75, 3.05) is 14.1 Å². The molecule has 0 bridgehead atoms. The minimum absolute atomic E-state index is 0. The number of hydrogen-bond donors (Lipinski definition) is 0. The molecular weight excluding hydrogens is 791 g/mol. The van der Waals surface area contributed by atoms with E-state index in [9.17, 15) is 0 Å². The molecule has 0 saturated carbocycles. The maximum Gasteiger partial charge on any atom is 0.121 e. The highest BCUT2D eigenvalue weighted by molar-refractivity contribution is 6.02. The zero-order valence-electron chi connectivity index (χ0n) is 31.7. The summed E-state index contributed by atoms with van der Waals surface area (Å²) in [7, 11) is 4.40. The Kier molecular flexibility index (Phi) is 15.4. The van der Waals surface area contributed by atoms with Gasteiger partial charge >= 0.3 is 0 Å². The van der Waals surface area contributed by atoms with Gasteiger partial charge in [0, 0.05) is 67.6 Å². The van der Waals surface area contributed by atoms with Crippen LogP contribution in [-0.2, 0) is 32.7 Å². The molecule has 0 atom stereocenters. The first-order valence-electron chi connectivity index (χ1n) is 18.2. The van der Waals surface area contributed by atoms with Gasteiger partial charge in [-0.05, 0) is 73.2 Å². The van der Waals surface area contributed by atoms with E-state index in [-0.39, 0.29) is 24.0 Å². The van der Waals surface area contributed by atoms with E-state index in [4.69, 9.17) is 0 Å². The lowest BCUT2D eigenvalue weighted by Gasteiger charge is -2.28. The van der Waals surface area contributed by atoms with E-state index in [0.717, 1.165) is 81.8 Å². The Hall–Kier alpha value is -5.49. The van der Waals surface area contributed by atoms with Gasteiger partial charge in [-0.25, -0.2) is 0 Å². The lowest BCUT2D eigenvalue weighted by molar-refractivity contribution is -0.917. The highest BCUT2D eigenvalue weighted by atomic mass is 127. The molecule has 0 radical (unpaired) electrons. The summed E-state index contributed by atoms with van der Waals surface area (Å²) in [5, 5.41) is 2.28. The number of halogens is 1. The minimum Gasteiger partial charge on any atom is -1.00 e. The van der Waals surface area contributed by atoms with Crippen LogP contribution >= 0.6 is 0 Å². The Bertz CT molecular complexity index is 2150. The zero-order valence-corrected chi connectivity index (χ0v) is 33.8. The number of fused-ring (bicyclic) bond motifs is 3. The van der Waals surface area contributed by atoms with E-state index in [0.29, 0.717) is 0 Å². The van der Waals surface area contributed by atoms with Crippen molar-refractivity contribution >= 4 is 21.8 Å². The van der Waals surface area contributed by atoms with E-state index >= 15 is 0 Å². The van der Waals surface area contributed by atoms with Crippen molar-refractivity contribution in [2.45, 2.75) is 39.6 Å². The van der Waals surface area contributed by atoms with Crippen LogP contribution in [0.4, 0.5) is 0 Å². The molecule has 0 amide bonds. The molecule has 8 aromatic rings. The van der Waals surface area contributed by atoms with E-state index in [1.807, 2.05) is 85.5 Å². The summed E-state index contributed by atoms with van der Waals surface area (Å²) in [4.78, 5) is 28.7. The van der Waals surface area contributed by atoms with Gasteiger partial charge in [-0.15, -0.1) is 0 Å². The number of nitrogens with zero attached hydrogens (tertiary/aromatic N) is 8. The summed E-state index contributed by atoms with van der Waals surface area (Å²) in [6, 6.07) is 45.1. The predicted octanol–water partition coefficient (Wildman–Crippen LogP) is 6.03. The summed E-state index contributed by atoms with van der Waals surface area (Å²) in [6.45, 7) is 6.45. The van der Waals surface area contributed by atoms with Crippen LogP contribution < -0.4 is 24.0 Å². The van der Waals surface area contributed by atoms with Crippen LogP contribution in [0.1, 0.15) is 33.9 Å². The number of rotatable bonds is 10. The van der Waals surface area contributed by atoms with Crippen LogP contribution in [0, 0.1) is 6.92 Å². The van der Waals surface area contributed by atoms with E-state index in [1.54, 1.807) is 12.4 Å². The Morgan fingerprint density at radius 1 is 0.418 bits per heavy atom. The molecular formula is C46H47IN8. The van der Waals surface area contributed by atoms with Crippen LogP contribution in [0.5, 0.6) is 0 Å². The van der Waals surface area contributed by atoms with Crippen molar-refractivity contribution in [1.82, 2.24) is 34.8 Å². The number of aromatic nitrogens is 6. The molecule has 0 spiro atoms. The summed E-state index contributed by atoms with van der Waals surface area (Å²) in [5.74, 6) is 0. The van der Waals surface area contributed by atoms with Gasteiger partial charge in [0.15, 0.2) is 0 Å². The molecule has 55 heavy (non-hydrogen) atoms. The molecule has 0 aliphatic carbocycles. The normalized spacial score (nSPS) is 10.8. The fourth-order valence-corrected chi connectivity index (χ4v) is 6.16. The average Bonchev–Trinajstić information content (AvgIpc) is 3.20. The molecule has 278 valence electrons. The summed E-state index contributed by atoms with van der Waals surface area (Å²) < 4.78 is 0.855. The van der Waals surface area contributed by atoms with Gasteiger partial charge in [0.2, 0.25) is 0 Å². The largest absolute Gasteiger partial charge is 1.00 e. The van der Waals surface area contributed by atoms with Gasteiger partial charge < -0.3 is 28.5 Å². The Labute approximate surface area is 341 Å². The molecule has 8 rings (SSSR count). The van der Waals surface area contributed by atoms with Crippen LogP contribution in [0.25, 0.3) is 21.8 Å². The van der Waals surface area contributed by atoms with Crippen LogP contribution in [0.2, 0.25) is 0 Å². The molecule has 2 aromatic carbocycles. The van der Waals surface area contributed by atoms with Crippen molar-refractivity contribution in [3.05, 3.63) is 205 Å². The van der Waals surface area contributed by atoms with Gasteiger partial charge in [-0.3, -0.25) is 34.8 Å². The Morgan fingerprint density at radius 3 is 1.22 bits per heavy atom. The number of benzene rings is 2. The van der Waals surface area contributed by atoms with Crippen molar-refractivity contribution in [3.63, 3.8) is 0 Å². The molecule has 8 nitrogen and oxygen atoms in total. The standard InChI is InChI=1S/C20H21N3.C14H18N3.C12H8N2.HI/c1-17-8-10-18(11-9-17)14-23(15-19-6-2-4-12-21-19)16-20-7-3-5-13-22-20;1-17(2,11-13-7-3-5-9-15-13)12-14-8-4-6-10-16-14;1-3-9-5-6-10-4-2-8-14-12(10)11(9)13-7-1;/h2-13H,14-16H2,1H3;3-10H,11-12H2,1-2H3;1-8H;1H/q;+1;;/p-1. The maximum absolute atomic E-state index is 4.45. The SMILES string of the molecule is C[N+](C)(Cc1ccccn1)Cc1ccccn1.Cc1ccc(CN(Cc2ccccn2)Cc2ccccn2)cc1.[I-].c1cnc2c(c1)ccc1cccnc12. The second-order valence-electron chi connectivity index (χ2n) is 13.9. The lowest BCUT2D eigenvalue weighted by Crippen LogP contribution is -3.00. The topological polar surface area (TPSA) is 80.6 Å². The summed E-state index contributed by atoms with van der Waals surface area (Å²) >= 11 is 0. The zero-order chi connectivity index (χ0) is 37.4. The molecule has 0 saturated heterocycles. The highest BCUT2D eigenvalue weighted by Gasteiger charge is 2.18. The molecule has 6 heterocycles. The number of hydrogen-bond acceptors (Lipinski definition) is 7. The smallest absolute Gasteiger partial charge is 0.121 e. The van der Waals surface area contributed by atoms with E-state index in [1.165, 1.54) is 11.1 Å². The molecule has 0 fully saturated rings. The predicted molar refractivity (Wildman–Crippen MR) is 218 cm³/mol. The third-order valence-electron chi connectivity index (χ3n) is 8.73. The average molecular weight is 839 g/mol. The van der Waals surface area contributed by atoms with Gasteiger partial charge in [-0.1, -0.05) is 78.4 Å². The van der Waals surface area contributed by atoms with Gasteiger partial charge in [-0.2, -0.15) is 0 Å². The van der Waals surface area contributed by atoms with Crippen molar-refractivity contribution < 1.29 is 28.5 Å². The Balaban J connectivity index is 0.000000162. The number of pyridine rings is 6. The molecule has 6 aromatic heterocycles. The second-order valence-corrected chi connectivity index (χ2v) is 13.9. The number of aryl methyl sites for hydroxylation is 1. The maximum atomic E-state index is 4.45. The van der Waals surface area contributed by atoms with Crippen LogP contribution in [-0.4, -0.2) is 53.4 Å². The van der Waals surface area contributed by atoms with E-state index in [2.05, 4.69) is 129 Å². The van der Waals surface area contributed by atoms with Crippen LogP contribution in [0.3, 0.4) is 0 Å². The van der Waals surface area contributed by atoms with Crippen molar-refractivity contribution in [3.8, 4) is 0 Å². The first-order valence-corrected chi connectivity index (χ1v) is 18.2. The fourth-order valence-electron chi connectivity index (χ4n) is 6.16. The van der Waals surface area contributed by atoms with Gasteiger partial charge in [0.05, 0.1) is 47.9 Å². The lowest BCUT2D eigenvalue weighted by atomic mass is 10.1. The van der Waals surface area contributed by atoms with Gasteiger partial charge in [0.1, 0.15) is 13.1 Å². The molecule has 0 aliphatic rings. The summed E-state index contributed by atoms with van der Waals surface area (Å²) in [5.41, 5.74) is 8.95. The first kappa shape index (κ1) is 40.7. The minimum atomic E-state index is 0. The fraction of sp³-hybridized carbons (Fsp3) is 0.174. The van der Waals surface area contributed by atoms with E-state index < -0.39 is 0 Å². The first-order chi connectivity index (χ1) is 26.4. The molecule has 0 N–H and O–H groups in total. The highest BCUT2D eigenvalue weighted by Crippen LogP contribution is 2.21. The van der Waals surface area contributed by atoms with Crippen molar-refractivity contribution in [2.24, 2.45) is 0 Å². The monoisotopic (exact) mass is 838 g/mol.